The van der Waals surface area contributed by atoms with Crippen LogP contribution in [0.25, 0.3) is 0 Å². The molecule has 0 bridgehead atoms. The average Bonchev–Trinajstić information content (AvgIpc) is 1.98. The summed E-state index contributed by atoms with van der Waals surface area (Å²) >= 11 is 0. The zero-order valence-electron chi connectivity index (χ0n) is 6.52. The molecule has 0 heterocycles. The fourth-order valence-electron chi connectivity index (χ4n) is 0.451. The van der Waals surface area contributed by atoms with Gasteiger partial charge in [-0.3, -0.25) is 0 Å². The molecule has 0 aromatic heterocycles. The molecule has 0 spiro atoms. The minimum atomic E-state index is 0.544. The highest BCUT2D eigenvalue weighted by molar-refractivity contribution is 6.05. The molecular weight excluding hydrogens is 122 g/mol. The van der Waals surface area contributed by atoms with Crippen molar-refractivity contribution in [2.24, 2.45) is 0 Å². The van der Waals surface area contributed by atoms with Crippen LogP contribution in [0.15, 0.2) is 36.5 Å². The summed E-state index contributed by atoms with van der Waals surface area (Å²) in [6, 6.07) is 0. The maximum absolute atomic E-state index is 7.40. The highest BCUT2D eigenvalue weighted by Gasteiger charge is 1.89. The monoisotopic (exact) mass is 135 g/mol. The number of allylic oxidation sites excluding steroid dienone is 5. The molecule has 0 aliphatic carbocycles. The van der Waals surface area contributed by atoms with Gasteiger partial charge in [-0.15, -0.1) is 0 Å². The van der Waals surface area contributed by atoms with Crippen molar-refractivity contribution in [1.29, 1.82) is 5.41 Å². The molecule has 0 aromatic rings. The molecule has 10 heavy (non-hydrogen) atoms. The number of hydrogen-bond donors (Lipinski definition) is 1. The van der Waals surface area contributed by atoms with Crippen LogP contribution in [-0.2, 0) is 0 Å². The van der Waals surface area contributed by atoms with Crippen molar-refractivity contribution < 1.29 is 0 Å². The summed E-state index contributed by atoms with van der Waals surface area (Å²) in [5.41, 5.74) is 1.53. The summed E-state index contributed by atoms with van der Waals surface area (Å²) < 4.78 is 0. The van der Waals surface area contributed by atoms with Crippen molar-refractivity contribution in [3.05, 3.63) is 36.5 Å². The van der Waals surface area contributed by atoms with Crippen LogP contribution in [-0.4, -0.2) is 5.71 Å². The molecule has 54 valence electrons. The molecule has 0 radical (unpaired) electrons. The summed E-state index contributed by atoms with van der Waals surface area (Å²) in [6.45, 7) is 7.35. The molecule has 0 fully saturated rings. The second-order valence-corrected chi connectivity index (χ2v) is 1.98. The summed E-state index contributed by atoms with van der Waals surface area (Å²) in [6.07, 6.45) is 7.06. The fraction of sp³-hybridized carbons (Fsp3) is 0.222. The van der Waals surface area contributed by atoms with Crippen LogP contribution in [0, 0.1) is 5.41 Å². The van der Waals surface area contributed by atoms with E-state index in [4.69, 9.17) is 5.41 Å². The predicted octanol–water partition coefficient (Wildman–Crippen LogP) is 2.71. The molecule has 0 rings (SSSR count). The first kappa shape index (κ1) is 8.89. The molecule has 1 heteroatoms. The predicted molar refractivity (Wildman–Crippen MR) is 46.5 cm³/mol. The Kier molecular flexibility index (Phi) is 4.21. The van der Waals surface area contributed by atoms with Crippen molar-refractivity contribution >= 4 is 5.71 Å². The van der Waals surface area contributed by atoms with Gasteiger partial charge in [-0.25, -0.2) is 0 Å². The molecule has 0 aliphatic heterocycles. The zero-order chi connectivity index (χ0) is 7.98. The van der Waals surface area contributed by atoms with E-state index in [1.54, 1.807) is 18.2 Å². The van der Waals surface area contributed by atoms with E-state index in [2.05, 4.69) is 6.58 Å². The first-order valence-corrected chi connectivity index (χ1v) is 3.23. The summed E-state index contributed by atoms with van der Waals surface area (Å²) in [5.74, 6) is 0. The van der Waals surface area contributed by atoms with Gasteiger partial charge in [-0.2, -0.15) is 0 Å². The number of nitrogens with one attached hydrogen (secondary N) is 1. The second kappa shape index (κ2) is 4.74. The van der Waals surface area contributed by atoms with Gasteiger partial charge >= 0.3 is 0 Å². The third-order valence-electron chi connectivity index (χ3n) is 1.26. The van der Waals surface area contributed by atoms with Gasteiger partial charge in [0.2, 0.25) is 0 Å². The Bertz CT molecular complexity index is 185. The zero-order valence-corrected chi connectivity index (χ0v) is 6.52. The lowest BCUT2D eigenvalue weighted by Crippen LogP contribution is -1.90. The quantitative estimate of drug-likeness (QED) is 0.454. The topological polar surface area (TPSA) is 23.9 Å². The lowest BCUT2D eigenvalue weighted by atomic mass is 10.1. The first-order valence-electron chi connectivity index (χ1n) is 3.23. The third-order valence-corrected chi connectivity index (χ3v) is 1.26. The van der Waals surface area contributed by atoms with E-state index in [1.807, 2.05) is 19.9 Å². The van der Waals surface area contributed by atoms with Crippen molar-refractivity contribution in [3.63, 3.8) is 0 Å². The van der Waals surface area contributed by atoms with Crippen LogP contribution in [0.1, 0.15) is 13.8 Å². The fourth-order valence-corrected chi connectivity index (χ4v) is 0.451. The number of rotatable bonds is 3. The molecule has 0 aliphatic rings. The molecule has 0 saturated carbocycles. The molecule has 0 saturated heterocycles. The first-order chi connectivity index (χ1) is 4.72. The van der Waals surface area contributed by atoms with Crippen molar-refractivity contribution in [1.82, 2.24) is 0 Å². The molecule has 0 aromatic carbocycles. The Hall–Kier alpha value is -1.11. The highest BCUT2D eigenvalue weighted by atomic mass is 14.4. The van der Waals surface area contributed by atoms with E-state index < -0.39 is 0 Å². The molecule has 1 nitrogen and oxygen atoms in total. The van der Waals surface area contributed by atoms with Crippen LogP contribution >= 0.6 is 0 Å². The minimum absolute atomic E-state index is 0.544. The molecule has 0 unspecified atom stereocenters. The average molecular weight is 135 g/mol. The van der Waals surface area contributed by atoms with Gasteiger partial charge in [0.05, 0.1) is 5.71 Å². The van der Waals surface area contributed by atoms with Gasteiger partial charge in [0.25, 0.3) is 0 Å². The highest BCUT2D eigenvalue weighted by Crippen LogP contribution is 1.95. The van der Waals surface area contributed by atoms with E-state index in [1.165, 1.54) is 0 Å². The van der Waals surface area contributed by atoms with Crippen molar-refractivity contribution in [3.8, 4) is 0 Å². The molecular formula is C9H13N. The van der Waals surface area contributed by atoms with Crippen LogP contribution < -0.4 is 0 Å². The minimum Gasteiger partial charge on any atom is -0.301 e. The Labute approximate surface area is 62.3 Å². The van der Waals surface area contributed by atoms with E-state index in [9.17, 15) is 0 Å². The summed E-state index contributed by atoms with van der Waals surface area (Å²) in [7, 11) is 0. The lowest BCUT2D eigenvalue weighted by Gasteiger charge is -1.93. The molecule has 0 atom stereocenters. The van der Waals surface area contributed by atoms with Crippen LogP contribution in [0.4, 0.5) is 0 Å². The van der Waals surface area contributed by atoms with Gasteiger partial charge in [-0.05, 0) is 25.5 Å². The summed E-state index contributed by atoms with van der Waals surface area (Å²) in [5, 5.41) is 7.40. The second-order valence-electron chi connectivity index (χ2n) is 1.98. The van der Waals surface area contributed by atoms with Gasteiger partial charge in [-0.1, -0.05) is 24.8 Å². The third kappa shape index (κ3) is 3.02. The van der Waals surface area contributed by atoms with Gasteiger partial charge in [0.1, 0.15) is 0 Å². The van der Waals surface area contributed by atoms with Crippen LogP contribution in [0.2, 0.25) is 0 Å². The van der Waals surface area contributed by atoms with E-state index in [-0.39, 0.29) is 0 Å². The Morgan fingerprint density at radius 3 is 2.50 bits per heavy atom. The van der Waals surface area contributed by atoms with Crippen molar-refractivity contribution in [2.75, 3.05) is 0 Å². The smallest absolute Gasteiger partial charge is 0.0565 e. The Morgan fingerprint density at radius 2 is 2.10 bits per heavy atom. The maximum atomic E-state index is 7.40. The van der Waals surface area contributed by atoms with E-state index in [0.717, 1.165) is 5.57 Å². The summed E-state index contributed by atoms with van der Waals surface area (Å²) in [4.78, 5) is 0. The van der Waals surface area contributed by atoms with Gasteiger partial charge < -0.3 is 5.41 Å². The SMILES string of the molecule is C=C/C=C\C(=N)/C(C)=C\C. The normalized spacial score (nSPS) is 12.0. The van der Waals surface area contributed by atoms with Crippen molar-refractivity contribution in [2.45, 2.75) is 13.8 Å². The standard InChI is InChI=1S/C9H13N/c1-4-6-7-9(10)8(3)5-2/h4-7,10H,1H2,2-3H3/b7-6-,8-5-,10-9?. The van der Waals surface area contributed by atoms with E-state index in [0.29, 0.717) is 5.71 Å². The molecule has 1 N–H and O–H groups in total. The van der Waals surface area contributed by atoms with Gasteiger partial charge in [0.15, 0.2) is 0 Å². The van der Waals surface area contributed by atoms with Gasteiger partial charge in [0, 0.05) is 0 Å². The Balaban J connectivity index is 4.10. The van der Waals surface area contributed by atoms with E-state index >= 15 is 0 Å². The largest absolute Gasteiger partial charge is 0.301 e. The molecule has 0 amide bonds. The number of hydrogen-bond acceptors (Lipinski definition) is 1. The lowest BCUT2D eigenvalue weighted by molar-refractivity contribution is 1.44. The Morgan fingerprint density at radius 1 is 1.50 bits per heavy atom. The van der Waals surface area contributed by atoms with Crippen LogP contribution in [0.5, 0.6) is 0 Å². The van der Waals surface area contributed by atoms with Crippen LogP contribution in [0.3, 0.4) is 0 Å². The maximum Gasteiger partial charge on any atom is 0.0565 e.